The van der Waals surface area contributed by atoms with Gasteiger partial charge >= 0.3 is 0 Å². The van der Waals surface area contributed by atoms with Crippen molar-refractivity contribution < 1.29 is 8.42 Å². The van der Waals surface area contributed by atoms with Crippen LogP contribution in [0.15, 0.2) is 29.2 Å². The van der Waals surface area contributed by atoms with Crippen LogP contribution in [0.25, 0.3) is 0 Å². The number of hydrogen-bond donors (Lipinski definition) is 1. The van der Waals surface area contributed by atoms with E-state index >= 15 is 0 Å². The molecular weight excluding hydrogens is 332 g/mol. The second-order valence-electron chi connectivity index (χ2n) is 6.68. The number of fused-ring (bicyclic) bond motifs is 2. The summed E-state index contributed by atoms with van der Waals surface area (Å²) < 4.78 is 27.3. The van der Waals surface area contributed by atoms with Gasteiger partial charge in [0.2, 0.25) is 10.0 Å². The Hall–Kier alpha value is -0.620. The van der Waals surface area contributed by atoms with Crippen LogP contribution < -0.4 is 5.32 Å². The van der Waals surface area contributed by atoms with E-state index in [2.05, 4.69) is 12.2 Å². The molecule has 0 radical (unpaired) electrons. The quantitative estimate of drug-likeness (QED) is 0.880. The topological polar surface area (TPSA) is 49.4 Å². The van der Waals surface area contributed by atoms with Gasteiger partial charge in [-0.2, -0.15) is 4.31 Å². The number of nitrogens with zero attached hydrogens (tertiary/aromatic N) is 1. The van der Waals surface area contributed by atoms with Crippen LogP contribution in [0.1, 0.15) is 44.6 Å². The van der Waals surface area contributed by atoms with Crippen molar-refractivity contribution in [2.24, 2.45) is 0 Å². The van der Waals surface area contributed by atoms with Crippen LogP contribution in [0.3, 0.4) is 0 Å². The van der Waals surface area contributed by atoms with Crippen molar-refractivity contribution in [2.75, 3.05) is 7.05 Å². The van der Waals surface area contributed by atoms with E-state index in [4.69, 9.17) is 0 Å². The molecule has 2 saturated heterocycles. The summed E-state index contributed by atoms with van der Waals surface area (Å²) in [6, 6.07) is 8.51. The molecule has 1 N–H and O–H groups in total. The third-order valence-corrected chi connectivity index (χ3v) is 7.03. The Morgan fingerprint density at radius 2 is 1.70 bits per heavy atom. The summed E-state index contributed by atoms with van der Waals surface area (Å²) >= 11 is 0. The summed E-state index contributed by atoms with van der Waals surface area (Å²) in [7, 11) is -1.64. The normalized spacial score (nSPS) is 27.0. The smallest absolute Gasteiger partial charge is 0.243 e. The Kier molecular flexibility index (Phi) is 6.11. The van der Waals surface area contributed by atoms with E-state index in [0.29, 0.717) is 17.0 Å². The van der Waals surface area contributed by atoms with Crippen molar-refractivity contribution in [3.05, 3.63) is 29.8 Å². The molecule has 0 amide bonds. The summed E-state index contributed by atoms with van der Waals surface area (Å²) in [5.41, 5.74) is 1.20. The van der Waals surface area contributed by atoms with Crippen molar-refractivity contribution >= 4 is 22.4 Å². The number of benzene rings is 1. The molecule has 2 fully saturated rings. The fourth-order valence-corrected chi connectivity index (χ4v) is 5.18. The van der Waals surface area contributed by atoms with E-state index in [1.807, 2.05) is 12.1 Å². The summed E-state index contributed by atoms with van der Waals surface area (Å²) in [6.07, 6.45) is 6.29. The molecule has 0 saturated carbocycles. The number of aryl methyl sites for hydroxylation is 1. The van der Waals surface area contributed by atoms with Gasteiger partial charge in [0.1, 0.15) is 0 Å². The number of rotatable bonds is 5. The average molecular weight is 359 g/mol. The van der Waals surface area contributed by atoms with Gasteiger partial charge in [-0.15, -0.1) is 12.4 Å². The van der Waals surface area contributed by atoms with E-state index in [1.165, 1.54) is 18.4 Å². The predicted molar refractivity (Wildman–Crippen MR) is 95.6 cm³/mol. The number of nitrogens with one attached hydrogen (secondary N) is 1. The number of halogens is 1. The average Bonchev–Trinajstić information content (AvgIpc) is 2.85. The van der Waals surface area contributed by atoms with E-state index < -0.39 is 10.0 Å². The zero-order chi connectivity index (χ0) is 15.7. The number of sulfonamides is 1. The molecule has 130 valence electrons. The van der Waals surface area contributed by atoms with Crippen LogP contribution in [0.4, 0.5) is 0 Å². The van der Waals surface area contributed by atoms with Gasteiger partial charge in [-0.25, -0.2) is 8.42 Å². The molecule has 1 aromatic rings. The van der Waals surface area contributed by atoms with Crippen molar-refractivity contribution in [2.45, 2.75) is 68.5 Å². The highest BCUT2D eigenvalue weighted by Gasteiger charge is 2.38. The van der Waals surface area contributed by atoms with Gasteiger partial charge in [0.25, 0.3) is 0 Å². The fourth-order valence-electron chi connectivity index (χ4n) is 3.80. The lowest BCUT2D eigenvalue weighted by molar-refractivity contribution is 0.251. The third kappa shape index (κ3) is 3.90. The minimum Gasteiger partial charge on any atom is -0.311 e. The first-order valence-electron chi connectivity index (χ1n) is 8.33. The molecule has 2 unspecified atom stereocenters. The number of hydrogen-bond acceptors (Lipinski definition) is 3. The summed E-state index contributed by atoms with van der Waals surface area (Å²) in [5.74, 6) is 0. The van der Waals surface area contributed by atoms with Gasteiger partial charge in [0.05, 0.1) is 4.90 Å². The van der Waals surface area contributed by atoms with Crippen LogP contribution in [0.5, 0.6) is 0 Å². The Morgan fingerprint density at radius 1 is 1.13 bits per heavy atom. The SMILES string of the molecule is CCCc1ccc(S(=O)(=O)N(C)C2CC3CCC(C2)N3)cc1.Cl. The first-order chi connectivity index (χ1) is 10.5. The van der Waals surface area contributed by atoms with Gasteiger partial charge in [-0.1, -0.05) is 25.5 Å². The lowest BCUT2D eigenvalue weighted by atomic mass is 10.0. The van der Waals surface area contributed by atoms with Crippen molar-refractivity contribution in [1.29, 1.82) is 0 Å². The second kappa shape index (κ2) is 7.51. The van der Waals surface area contributed by atoms with Crippen molar-refractivity contribution in [1.82, 2.24) is 9.62 Å². The summed E-state index contributed by atoms with van der Waals surface area (Å²) in [4.78, 5) is 0.417. The maximum atomic E-state index is 12.8. The maximum Gasteiger partial charge on any atom is 0.243 e. The first kappa shape index (κ1) is 18.7. The van der Waals surface area contributed by atoms with Crippen molar-refractivity contribution in [3.63, 3.8) is 0 Å². The molecule has 4 nitrogen and oxygen atoms in total. The Balaban J connectivity index is 0.00000192. The zero-order valence-corrected chi connectivity index (χ0v) is 15.5. The molecule has 0 aromatic heterocycles. The zero-order valence-electron chi connectivity index (χ0n) is 13.9. The molecule has 2 aliphatic heterocycles. The van der Waals surface area contributed by atoms with E-state index in [0.717, 1.165) is 25.7 Å². The molecule has 2 bridgehead atoms. The van der Waals surface area contributed by atoms with Crippen LogP contribution in [0, 0.1) is 0 Å². The largest absolute Gasteiger partial charge is 0.311 e. The van der Waals surface area contributed by atoms with Gasteiger partial charge in [0.15, 0.2) is 0 Å². The van der Waals surface area contributed by atoms with Crippen molar-refractivity contribution in [3.8, 4) is 0 Å². The van der Waals surface area contributed by atoms with Crippen LogP contribution in [0.2, 0.25) is 0 Å². The predicted octanol–water partition coefficient (Wildman–Crippen LogP) is 2.96. The van der Waals surface area contributed by atoms with Gasteiger partial charge in [0, 0.05) is 25.2 Å². The lowest BCUT2D eigenvalue weighted by Gasteiger charge is -2.34. The Bertz CT molecular complexity index is 606. The fraction of sp³-hybridized carbons (Fsp3) is 0.647. The monoisotopic (exact) mass is 358 g/mol. The van der Waals surface area contributed by atoms with Gasteiger partial charge in [-0.3, -0.25) is 0 Å². The second-order valence-corrected chi connectivity index (χ2v) is 8.68. The van der Waals surface area contributed by atoms with Gasteiger partial charge < -0.3 is 5.32 Å². The van der Waals surface area contributed by atoms with E-state index in [-0.39, 0.29) is 18.4 Å². The third-order valence-electron chi connectivity index (χ3n) is 5.10. The lowest BCUT2D eigenvalue weighted by Crippen LogP contribution is -2.48. The molecular formula is C17H27ClN2O2S. The van der Waals surface area contributed by atoms with E-state index in [9.17, 15) is 8.42 Å². The molecule has 2 heterocycles. The molecule has 23 heavy (non-hydrogen) atoms. The summed E-state index contributed by atoms with van der Waals surface area (Å²) in [5, 5.41) is 3.57. The minimum absolute atomic E-state index is 0. The highest BCUT2D eigenvalue weighted by atomic mass is 35.5. The maximum absolute atomic E-state index is 12.8. The van der Waals surface area contributed by atoms with Gasteiger partial charge in [-0.05, 0) is 49.8 Å². The minimum atomic E-state index is -3.38. The molecule has 1 aromatic carbocycles. The molecule has 0 spiro atoms. The first-order valence-corrected chi connectivity index (χ1v) is 9.77. The molecule has 2 atom stereocenters. The number of piperidine rings is 1. The van der Waals surface area contributed by atoms with E-state index in [1.54, 1.807) is 23.5 Å². The van der Waals surface area contributed by atoms with Crippen LogP contribution in [-0.4, -0.2) is 37.9 Å². The molecule has 2 aliphatic rings. The highest BCUT2D eigenvalue weighted by molar-refractivity contribution is 7.89. The molecule has 3 rings (SSSR count). The standard InChI is InChI=1S/C17H26N2O2S.ClH/c1-3-4-13-5-9-17(10-6-13)22(20,21)19(2)16-11-14-7-8-15(12-16)18-14;/h5-6,9-10,14-16,18H,3-4,7-8,11-12H2,1-2H3;1H. The Morgan fingerprint density at radius 3 is 2.22 bits per heavy atom. The van der Waals surface area contributed by atoms with Crippen LogP contribution >= 0.6 is 12.4 Å². The summed E-state index contributed by atoms with van der Waals surface area (Å²) in [6.45, 7) is 2.13. The molecule has 6 heteroatoms. The van der Waals surface area contributed by atoms with Crippen LogP contribution in [-0.2, 0) is 16.4 Å². The molecule has 0 aliphatic carbocycles. The Labute approximate surface area is 146 Å². The highest BCUT2D eigenvalue weighted by Crippen LogP contribution is 2.31.